The molecule has 0 aliphatic heterocycles. The van der Waals surface area contributed by atoms with Crippen molar-refractivity contribution in [1.29, 1.82) is 0 Å². The van der Waals surface area contributed by atoms with E-state index >= 15 is 0 Å². The van der Waals surface area contributed by atoms with E-state index in [1.54, 1.807) is 24.3 Å². The Kier molecular flexibility index (Phi) is 6.91. The maximum atomic E-state index is 13.6. The molecule has 2 aromatic rings. The minimum absolute atomic E-state index is 0.0904. The Morgan fingerprint density at radius 1 is 1.19 bits per heavy atom. The van der Waals surface area contributed by atoms with E-state index < -0.39 is 23.8 Å². The van der Waals surface area contributed by atoms with Crippen molar-refractivity contribution >= 4 is 11.7 Å². The monoisotopic (exact) mass is 364 g/mol. The van der Waals surface area contributed by atoms with Crippen LogP contribution in [-0.4, -0.2) is 24.3 Å². The van der Waals surface area contributed by atoms with Crippen molar-refractivity contribution in [3.63, 3.8) is 0 Å². The number of carbonyl (C=O) groups excluding carboxylic acids is 1. The van der Waals surface area contributed by atoms with Crippen molar-refractivity contribution in [2.75, 3.05) is 18.5 Å². The van der Waals surface area contributed by atoms with Crippen LogP contribution in [0.2, 0.25) is 0 Å². The first-order valence-corrected chi connectivity index (χ1v) is 8.26. The van der Waals surface area contributed by atoms with Crippen LogP contribution in [0, 0.1) is 17.6 Å². The number of hydrogen-bond acceptors (Lipinski definition) is 3. The number of para-hydroxylation sites is 2. The number of hydrogen-bond donors (Lipinski definition) is 3. The summed E-state index contributed by atoms with van der Waals surface area (Å²) < 4.78 is 32.2. The Morgan fingerprint density at radius 3 is 2.62 bits per heavy atom. The van der Waals surface area contributed by atoms with Gasteiger partial charge in [-0.2, -0.15) is 0 Å². The fourth-order valence-electron chi connectivity index (χ4n) is 2.19. The SMILES string of the molecule is CC(C)COc1ccccc1NC(=O)NCC(O)c1ccc(F)cc1F. The van der Waals surface area contributed by atoms with Crippen LogP contribution in [0.5, 0.6) is 5.75 Å². The van der Waals surface area contributed by atoms with Crippen LogP contribution in [0.1, 0.15) is 25.5 Å². The maximum Gasteiger partial charge on any atom is 0.319 e. The van der Waals surface area contributed by atoms with Gasteiger partial charge in [0.15, 0.2) is 0 Å². The number of benzene rings is 2. The largest absolute Gasteiger partial charge is 0.491 e. The molecule has 1 unspecified atom stereocenters. The lowest BCUT2D eigenvalue weighted by Crippen LogP contribution is -2.32. The van der Waals surface area contributed by atoms with Gasteiger partial charge in [-0.3, -0.25) is 0 Å². The number of urea groups is 1. The summed E-state index contributed by atoms with van der Waals surface area (Å²) in [5.74, 6) is -0.742. The summed E-state index contributed by atoms with van der Waals surface area (Å²) in [7, 11) is 0. The zero-order valence-electron chi connectivity index (χ0n) is 14.6. The van der Waals surface area contributed by atoms with Crippen molar-refractivity contribution in [1.82, 2.24) is 5.32 Å². The number of nitrogens with one attached hydrogen (secondary N) is 2. The highest BCUT2D eigenvalue weighted by Gasteiger charge is 2.15. The summed E-state index contributed by atoms with van der Waals surface area (Å²) in [6.07, 6.45) is -1.30. The van der Waals surface area contributed by atoms with Gasteiger partial charge in [-0.05, 0) is 24.1 Å². The predicted molar refractivity (Wildman–Crippen MR) is 95.1 cm³/mol. The Bertz CT molecular complexity index is 753. The molecule has 1 atom stereocenters. The zero-order chi connectivity index (χ0) is 19.1. The molecular weight excluding hydrogens is 342 g/mol. The lowest BCUT2D eigenvalue weighted by Gasteiger charge is -2.16. The van der Waals surface area contributed by atoms with Crippen molar-refractivity contribution in [3.8, 4) is 5.75 Å². The molecule has 0 saturated heterocycles. The van der Waals surface area contributed by atoms with Crippen LogP contribution in [0.15, 0.2) is 42.5 Å². The molecule has 2 rings (SSSR count). The number of anilines is 1. The summed E-state index contributed by atoms with van der Waals surface area (Å²) in [5, 5.41) is 15.0. The van der Waals surface area contributed by atoms with Crippen molar-refractivity contribution in [2.45, 2.75) is 20.0 Å². The number of halogens is 2. The van der Waals surface area contributed by atoms with Gasteiger partial charge in [0, 0.05) is 18.2 Å². The molecule has 5 nitrogen and oxygen atoms in total. The molecule has 2 amide bonds. The van der Waals surface area contributed by atoms with Gasteiger partial charge in [-0.15, -0.1) is 0 Å². The highest BCUT2D eigenvalue weighted by atomic mass is 19.1. The molecule has 0 spiro atoms. The van der Waals surface area contributed by atoms with Crippen LogP contribution in [0.25, 0.3) is 0 Å². The smallest absolute Gasteiger partial charge is 0.319 e. The van der Waals surface area contributed by atoms with Gasteiger partial charge >= 0.3 is 6.03 Å². The van der Waals surface area contributed by atoms with Crippen LogP contribution in [-0.2, 0) is 0 Å². The second-order valence-electron chi connectivity index (χ2n) is 6.22. The molecule has 2 aromatic carbocycles. The minimum atomic E-state index is -1.30. The van der Waals surface area contributed by atoms with Crippen molar-refractivity contribution < 1.29 is 23.4 Å². The summed E-state index contributed by atoms with van der Waals surface area (Å²) in [6, 6.07) is 9.26. The predicted octanol–water partition coefficient (Wildman–Crippen LogP) is 3.85. The molecular formula is C19H22F2N2O3. The number of amides is 2. The number of aliphatic hydroxyl groups is 1. The average molecular weight is 364 g/mol. The lowest BCUT2D eigenvalue weighted by atomic mass is 10.1. The van der Waals surface area contributed by atoms with Gasteiger partial charge < -0.3 is 20.5 Å². The van der Waals surface area contributed by atoms with E-state index in [2.05, 4.69) is 10.6 Å². The average Bonchev–Trinajstić information content (AvgIpc) is 2.59. The van der Waals surface area contributed by atoms with Crippen LogP contribution >= 0.6 is 0 Å². The molecule has 26 heavy (non-hydrogen) atoms. The van der Waals surface area contributed by atoms with Crippen LogP contribution < -0.4 is 15.4 Å². The summed E-state index contributed by atoms with van der Waals surface area (Å²) in [5.41, 5.74) is 0.389. The fourth-order valence-corrected chi connectivity index (χ4v) is 2.19. The maximum absolute atomic E-state index is 13.6. The number of rotatable bonds is 7. The highest BCUT2D eigenvalue weighted by molar-refractivity contribution is 5.90. The fraction of sp³-hybridized carbons (Fsp3) is 0.316. The molecule has 0 radical (unpaired) electrons. The Balaban J connectivity index is 1.92. The second kappa shape index (κ2) is 9.15. The lowest BCUT2D eigenvalue weighted by molar-refractivity contribution is 0.170. The minimum Gasteiger partial charge on any atom is -0.491 e. The molecule has 140 valence electrons. The van der Waals surface area contributed by atoms with E-state index in [0.29, 0.717) is 30.0 Å². The van der Waals surface area contributed by atoms with Crippen molar-refractivity contribution in [3.05, 3.63) is 59.7 Å². The first-order valence-electron chi connectivity index (χ1n) is 8.26. The van der Waals surface area contributed by atoms with Gasteiger partial charge in [0.1, 0.15) is 17.4 Å². The van der Waals surface area contributed by atoms with E-state index in [0.717, 1.165) is 12.1 Å². The topological polar surface area (TPSA) is 70.6 Å². The summed E-state index contributed by atoms with van der Waals surface area (Å²) >= 11 is 0. The second-order valence-corrected chi connectivity index (χ2v) is 6.22. The number of aliphatic hydroxyl groups excluding tert-OH is 1. The first-order chi connectivity index (χ1) is 12.4. The van der Waals surface area contributed by atoms with Crippen LogP contribution in [0.4, 0.5) is 19.3 Å². The zero-order valence-corrected chi connectivity index (χ0v) is 14.6. The van der Waals surface area contributed by atoms with E-state index in [9.17, 15) is 18.7 Å². The quantitative estimate of drug-likeness (QED) is 0.699. The molecule has 0 fully saturated rings. The van der Waals surface area contributed by atoms with Gasteiger partial charge in [0.05, 0.1) is 18.4 Å². The summed E-state index contributed by atoms with van der Waals surface area (Å²) in [4.78, 5) is 12.0. The molecule has 0 aliphatic carbocycles. The molecule has 0 aromatic heterocycles. The molecule has 0 saturated carbocycles. The molecule has 3 N–H and O–H groups in total. The molecule has 0 aliphatic rings. The Morgan fingerprint density at radius 2 is 1.92 bits per heavy atom. The highest BCUT2D eigenvalue weighted by Crippen LogP contribution is 2.24. The molecule has 7 heteroatoms. The Hall–Kier alpha value is -2.67. The van der Waals surface area contributed by atoms with E-state index in [1.807, 2.05) is 13.8 Å². The third-order valence-corrected chi connectivity index (χ3v) is 3.48. The van der Waals surface area contributed by atoms with Gasteiger partial charge in [-0.25, -0.2) is 13.6 Å². The third-order valence-electron chi connectivity index (χ3n) is 3.48. The third kappa shape index (κ3) is 5.70. The Labute approximate surface area is 151 Å². The molecule has 0 bridgehead atoms. The van der Waals surface area contributed by atoms with Crippen LogP contribution in [0.3, 0.4) is 0 Å². The van der Waals surface area contributed by atoms with E-state index in [1.165, 1.54) is 0 Å². The van der Waals surface area contributed by atoms with Gasteiger partial charge in [0.2, 0.25) is 0 Å². The van der Waals surface area contributed by atoms with E-state index in [4.69, 9.17) is 4.74 Å². The van der Waals surface area contributed by atoms with E-state index in [-0.39, 0.29) is 12.1 Å². The molecule has 0 heterocycles. The standard InChI is InChI=1S/C19H22F2N2O3/c1-12(2)11-26-18-6-4-3-5-16(18)23-19(25)22-10-17(24)14-8-7-13(20)9-15(14)21/h3-9,12,17,24H,10-11H2,1-2H3,(H2,22,23,25). The first kappa shape index (κ1) is 19.7. The number of carbonyl (C=O) groups is 1. The normalized spacial score (nSPS) is 11.9. The number of ether oxygens (including phenoxy) is 1. The summed E-state index contributed by atoms with van der Waals surface area (Å²) in [6.45, 7) is 4.30. The van der Waals surface area contributed by atoms with Crippen molar-refractivity contribution in [2.24, 2.45) is 5.92 Å². The van der Waals surface area contributed by atoms with Gasteiger partial charge in [0.25, 0.3) is 0 Å². The van der Waals surface area contributed by atoms with Gasteiger partial charge in [-0.1, -0.05) is 32.0 Å².